The van der Waals surface area contributed by atoms with Gasteiger partial charge in [-0.05, 0) is 24.5 Å². The molecule has 0 aliphatic heterocycles. The molecule has 0 radical (unpaired) electrons. The van der Waals surface area contributed by atoms with E-state index < -0.39 is 5.54 Å². The fourth-order valence-electron chi connectivity index (χ4n) is 1.43. The SMILES string of the molecule is CCC(N)(CC)C(=O)NCc1cccnc1. The van der Waals surface area contributed by atoms with Gasteiger partial charge in [-0.2, -0.15) is 0 Å². The summed E-state index contributed by atoms with van der Waals surface area (Å²) in [6.07, 6.45) is 4.72. The lowest BCUT2D eigenvalue weighted by Crippen LogP contribution is -2.52. The van der Waals surface area contributed by atoms with Crippen LogP contribution in [-0.2, 0) is 11.3 Å². The molecule has 1 rings (SSSR count). The third kappa shape index (κ3) is 3.03. The van der Waals surface area contributed by atoms with Gasteiger partial charge in [0, 0.05) is 18.9 Å². The largest absolute Gasteiger partial charge is 0.350 e. The van der Waals surface area contributed by atoms with E-state index in [2.05, 4.69) is 10.3 Å². The molecular weight excluding hydrogens is 202 g/mol. The number of hydrogen-bond donors (Lipinski definition) is 2. The Morgan fingerprint density at radius 3 is 2.69 bits per heavy atom. The number of pyridine rings is 1. The zero-order chi connectivity index (χ0) is 12.0. The number of carbonyl (C=O) groups is 1. The van der Waals surface area contributed by atoms with Gasteiger partial charge in [-0.3, -0.25) is 9.78 Å². The van der Waals surface area contributed by atoms with Crippen LogP contribution in [0.3, 0.4) is 0 Å². The van der Waals surface area contributed by atoms with Gasteiger partial charge >= 0.3 is 0 Å². The molecule has 0 fully saturated rings. The minimum atomic E-state index is -0.748. The van der Waals surface area contributed by atoms with Crippen LogP contribution in [0.25, 0.3) is 0 Å². The Kier molecular flexibility index (Phi) is 4.43. The lowest BCUT2D eigenvalue weighted by molar-refractivity contribution is -0.126. The van der Waals surface area contributed by atoms with Gasteiger partial charge < -0.3 is 11.1 Å². The van der Waals surface area contributed by atoms with Crippen molar-refractivity contribution in [3.8, 4) is 0 Å². The molecule has 0 bridgehead atoms. The summed E-state index contributed by atoms with van der Waals surface area (Å²) in [4.78, 5) is 15.8. The molecule has 0 atom stereocenters. The van der Waals surface area contributed by atoms with Crippen LogP contribution in [0.2, 0.25) is 0 Å². The molecule has 1 heterocycles. The summed E-state index contributed by atoms with van der Waals surface area (Å²) in [5.74, 6) is -0.0960. The molecule has 0 aliphatic carbocycles. The number of nitrogens with zero attached hydrogens (tertiary/aromatic N) is 1. The van der Waals surface area contributed by atoms with Gasteiger partial charge in [-0.15, -0.1) is 0 Å². The summed E-state index contributed by atoms with van der Waals surface area (Å²) in [5, 5.41) is 2.84. The first-order valence-electron chi connectivity index (χ1n) is 5.58. The van der Waals surface area contributed by atoms with Gasteiger partial charge in [0.2, 0.25) is 5.91 Å². The standard InChI is InChI=1S/C12H19N3O/c1-3-12(13,4-2)11(16)15-9-10-6-5-7-14-8-10/h5-8H,3-4,9,13H2,1-2H3,(H,15,16). The third-order valence-electron chi connectivity index (χ3n) is 2.89. The first-order chi connectivity index (χ1) is 7.62. The monoisotopic (exact) mass is 221 g/mol. The minimum absolute atomic E-state index is 0.0960. The number of nitrogens with one attached hydrogen (secondary N) is 1. The van der Waals surface area contributed by atoms with Gasteiger partial charge in [0.15, 0.2) is 0 Å². The van der Waals surface area contributed by atoms with Gasteiger partial charge in [-0.25, -0.2) is 0 Å². The summed E-state index contributed by atoms with van der Waals surface area (Å²) < 4.78 is 0. The van der Waals surface area contributed by atoms with Crippen molar-refractivity contribution in [2.24, 2.45) is 5.73 Å². The van der Waals surface area contributed by atoms with Crippen molar-refractivity contribution in [2.45, 2.75) is 38.8 Å². The Bertz CT molecular complexity index is 333. The molecule has 0 aliphatic rings. The van der Waals surface area contributed by atoms with Crippen LogP contribution in [0.4, 0.5) is 0 Å². The average Bonchev–Trinajstić information content (AvgIpc) is 2.36. The number of aromatic nitrogens is 1. The molecule has 0 aromatic carbocycles. The van der Waals surface area contributed by atoms with Gasteiger partial charge in [0.1, 0.15) is 0 Å². The second-order valence-electron chi connectivity index (χ2n) is 3.91. The molecule has 16 heavy (non-hydrogen) atoms. The van der Waals surface area contributed by atoms with Crippen molar-refractivity contribution < 1.29 is 4.79 Å². The first kappa shape index (κ1) is 12.6. The molecule has 1 aromatic rings. The molecule has 3 N–H and O–H groups in total. The summed E-state index contributed by atoms with van der Waals surface area (Å²) in [7, 11) is 0. The zero-order valence-corrected chi connectivity index (χ0v) is 9.86. The van der Waals surface area contributed by atoms with Crippen LogP contribution >= 0.6 is 0 Å². The first-order valence-corrected chi connectivity index (χ1v) is 5.58. The molecule has 1 aromatic heterocycles. The van der Waals surface area contributed by atoms with Crippen LogP contribution in [0.5, 0.6) is 0 Å². The topological polar surface area (TPSA) is 68.0 Å². The van der Waals surface area contributed by atoms with Crippen molar-refractivity contribution >= 4 is 5.91 Å². The van der Waals surface area contributed by atoms with Crippen molar-refractivity contribution in [1.82, 2.24) is 10.3 Å². The molecule has 0 spiro atoms. The number of carbonyl (C=O) groups excluding carboxylic acids is 1. The number of amides is 1. The van der Waals surface area contributed by atoms with Crippen LogP contribution in [0.1, 0.15) is 32.3 Å². The van der Waals surface area contributed by atoms with Gasteiger partial charge in [0.05, 0.1) is 5.54 Å². The van der Waals surface area contributed by atoms with E-state index in [4.69, 9.17) is 5.73 Å². The van der Waals surface area contributed by atoms with E-state index in [0.717, 1.165) is 5.56 Å². The molecule has 88 valence electrons. The maximum atomic E-state index is 11.8. The van der Waals surface area contributed by atoms with Gasteiger partial charge in [-0.1, -0.05) is 19.9 Å². The molecule has 4 nitrogen and oxygen atoms in total. The Labute approximate surface area is 96.3 Å². The molecule has 0 saturated carbocycles. The van der Waals surface area contributed by atoms with Crippen LogP contribution in [0.15, 0.2) is 24.5 Å². The van der Waals surface area contributed by atoms with E-state index in [0.29, 0.717) is 19.4 Å². The smallest absolute Gasteiger partial charge is 0.240 e. The second-order valence-corrected chi connectivity index (χ2v) is 3.91. The van der Waals surface area contributed by atoms with E-state index in [9.17, 15) is 4.79 Å². The highest BCUT2D eigenvalue weighted by Crippen LogP contribution is 2.11. The predicted octanol–water partition coefficient (Wildman–Crippen LogP) is 1.22. The number of nitrogens with two attached hydrogens (primary N) is 1. The quantitative estimate of drug-likeness (QED) is 0.785. The van der Waals surface area contributed by atoms with E-state index in [1.54, 1.807) is 12.4 Å². The maximum absolute atomic E-state index is 11.8. The van der Waals surface area contributed by atoms with Crippen molar-refractivity contribution in [3.05, 3.63) is 30.1 Å². The highest BCUT2D eigenvalue weighted by Gasteiger charge is 2.29. The summed E-state index contributed by atoms with van der Waals surface area (Å²) in [6.45, 7) is 4.33. The average molecular weight is 221 g/mol. The number of rotatable bonds is 5. The third-order valence-corrected chi connectivity index (χ3v) is 2.89. The Morgan fingerprint density at radius 1 is 1.50 bits per heavy atom. The second kappa shape index (κ2) is 5.61. The fraction of sp³-hybridized carbons (Fsp3) is 0.500. The molecule has 4 heteroatoms. The lowest BCUT2D eigenvalue weighted by atomic mass is 9.93. The molecule has 1 amide bonds. The van der Waals surface area contributed by atoms with E-state index in [1.807, 2.05) is 26.0 Å². The maximum Gasteiger partial charge on any atom is 0.240 e. The zero-order valence-electron chi connectivity index (χ0n) is 9.86. The lowest BCUT2D eigenvalue weighted by Gasteiger charge is -2.25. The fourth-order valence-corrected chi connectivity index (χ4v) is 1.43. The molecular formula is C12H19N3O. The summed E-state index contributed by atoms with van der Waals surface area (Å²) in [6, 6.07) is 3.76. The Balaban J connectivity index is 2.53. The minimum Gasteiger partial charge on any atom is -0.350 e. The van der Waals surface area contributed by atoms with E-state index in [1.165, 1.54) is 0 Å². The Morgan fingerprint density at radius 2 is 2.19 bits per heavy atom. The van der Waals surface area contributed by atoms with Gasteiger partial charge in [0.25, 0.3) is 0 Å². The summed E-state index contributed by atoms with van der Waals surface area (Å²) in [5.41, 5.74) is 6.21. The Hall–Kier alpha value is -1.42. The highest BCUT2D eigenvalue weighted by atomic mass is 16.2. The van der Waals surface area contributed by atoms with E-state index >= 15 is 0 Å². The van der Waals surface area contributed by atoms with Crippen molar-refractivity contribution in [2.75, 3.05) is 0 Å². The number of hydrogen-bond acceptors (Lipinski definition) is 3. The van der Waals surface area contributed by atoms with Crippen LogP contribution in [-0.4, -0.2) is 16.4 Å². The highest BCUT2D eigenvalue weighted by molar-refractivity contribution is 5.85. The molecule has 0 saturated heterocycles. The van der Waals surface area contributed by atoms with Crippen molar-refractivity contribution in [3.63, 3.8) is 0 Å². The van der Waals surface area contributed by atoms with E-state index in [-0.39, 0.29) is 5.91 Å². The van der Waals surface area contributed by atoms with Crippen molar-refractivity contribution in [1.29, 1.82) is 0 Å². The summed E-state index contributed by atoms with van der Waals surface area (Å²) >= 11 is 0. The van der Waals surface area contributed by atoms with Crippen LogP contribution in [0, 0.1) is 0 Å². The normalized spacial score (nSPS) is 11.2. The van der Waals surface area contributed by atoms with Crippen LogP contribution < -0.4 is 11.1 Å². The molecule has 0 unspecified atom stereocenters. The predicted molar refractivity (Wildman–Crippen MR) is 63.6 cm³/mol.